The van der Waals surface area contributed by atoms with Gasteiger partial charge in [0.05, 0.1) is 16.6 Å². The lowest BCUT2D eigenvalue weighted by molar-refractivity contribution is -0.154. The summed E-state index contributed by atoms with van der Waals surface area (Å²) in [5, 5.41) is 3.42. The Bertz CT molecular complexity index is 515. The Balaban J connectivity index is 1.95. The topological polar surface area (TPSA) is 55.4 Å². The number of hydrogen-bond acceptors (Lipinski definition) is 3. The van der Waals surface area contributed by atoms with Gasteiger partial charge in [0, 0.05) is 5.02 Å². The van der Waals surface area contributed by atoms with Crippen molar-refractivity contribution >= 4 is 40.8 Å². The molecular weight excluding hydrogens is 289 g/mol. The molecule has 1 aliphatic rings. The molecule has 19 heavy (non-hydrogen) atoms. The van der Waals surface area contributed by atoms with Crippen molar-refractivity contribution in [2.75, 3.05) is 5.32 Å². The van der Waals surface area contributed by atoms with E-state index in [1.807, 2.05) is 0 Å². The summed E-state index contributed by atoms with van der Waals surface area (Å²) in [5.74, 6) is -0.789. The number of hydrogen-bond donors (Lipinski definition) is 1. The van der Waals surface area contributed by atoms with Gasteiger partial charge in [-0.1, -0.05) is 23.2 Å². The van der Waals surface area contributed by atoms with Gasteiger partial charge >= 0.3 is 5.97 Å². The number of benzene rings is 1. The minimum atomic E-state index is -0.858. The summed E-state index contributed by atoms with van der Waals surface area (Å²) in [6, 6.07) is 4.74. The lowest BCUT2D eigenvalue weighted by Crippen LogP contribution is -2.30. The van der Waals surface area contributed by atoms with Gasteiger partial charge in [0.1, 0.15) is 0 Å². The van der Waals surface area contributed by atoms with Crippen LogP contribution in [-0.4, -0.2) is 18.0 Å². The van der Waals surface area contributed by atoms with Crippen LogP contribution in [0.5, 0.6) is 0 Å². The zero-order valence-corrected chi connectivity index (χ0v) is 11.8. The Kier molecular flexibility index (Phi) is 4.32. The van der Waals surface area contributed by atoms with Crippen molar-refractivity contribution in [3.05, 3.63) is 28.2 Å². The lowest BCUT2D eigenvalue weighted by Gasteiger charge is -2.14. The minimum Gasteiger partial charge on any atom is -0.452 e. The van der Waals surface area contributed by atoms with Crippen LogP contribution in [-0.2, 0) is 14.3 Å². The van der Waals surface area contributed by atoms with Gasteiger partial charge in [0.15, 0.2) is 6.10 Å². The summed E-state index contributed by atoms with van der Waals surface area (Å²) >= 11 is 11.7. The van der Waals surface area contributed by atoms with Crippen LogP contribution in [0.4, 0.5) is 5.69 Å². The fourth-order valence-electron chi connectivity index (χ4n) is 1.47. The highest BCUT2D eigenvalue weighted by Gasteiger charge is 2.33. The number of carbonyl (C=O) groups excluding carboxylic acids is 2. The van der Waals surface area contributed by atoms with E-state index in [2.05, 4.69) is 5.32 Å². The summed E-state index contributed by atoms with van der Waals surface area (Å²) in [6.45, 7) is 1.52. The molecule has 1 N–H and O–H groups in total. The van der Waals surface area contributed by atoms with Gasteiger partial charge in [-0.3, -0.25) is 9.59 Å². The smallest absolute Gasteiger partial charge is 0.309 e. The maximum atomic E-state index is 11.9. The predicted octanol–water partition coefficient (Wildman–Crippen LogP) is 3.27. The number of halogens is 2. The highest BCUT2D eigenvalue weighted by molar-refractivity contribution is 6.35. The first-order valence-corrected chi connectivity index (χ1v) is 6.69. The molecule has 0 radical (unpaired) electrons. The van der Waals surface area contributed by atoms with Crippen molar-refractivity contribution < 1.29 is 14.3 Å². The van der Waals surface area contributed by atoms with E-state index in [-0.39, 0.29) is 11.9 Å². The molecule has 1 aromatic rings. The minimum absolute atomic E-state index is 0.0370. The fourth-order valence-corrected chi connectivity index (χ4v) is 1.81. The molecule has 0 unspecified atom stereocenters. The van der Waals surface area contributed by atoms with Gasteiger partial charge in [-0.05, 0) is 38.0 Å². The summed E-state index contributed by atoms with van der Waals surface area (Å²) in [4.78, 5) is 23.3. The van der Waals surface area contributed by atoms with Crippen molar-refractivity contribution in [1.29, 1.82) is 0 Å². The second kappa shape index (κ2) is 5.80. The summed E-state index contributed by atoms with van der Waals surface area (Å²) in [5.41, 5.74) is 0.397. The van der Waals surface area contributed by atoms with E-state index in [0.717, 1.165) is 12.8 Å². The average Bonchev–Trinajstić information content (AvgIpc) is 3.17. The van der Waals surface area contributed by atoms with Gasteiger partial charge in [0.25, 0.3) is 5.91 Å². The molecule has 1 atom stereocenters. The maximum absolute atomic E-state index is 11.9. The van der Waals surface area contributed by atoms with Crippen LogP contribution in [0.25, 0.3) is 0 Å². The van der Waals surface area contributed by atoms with E-state index in [9.17, 15) is 9.59 Å². The molecule has 0 bridgehead atoms. The highest BCUT2D eigenvalue weighted by Crippen LogP contribution is 2.30. The maximum Gasteiger partial charge on any atom is 0.309 e. The Morgan fingerprint density at radius 2 is 2.05 bits per heavy atom. The largest absolute Gasteiger partial charge is 0.452 e. The number of carbonyl (C=O) groups is 2. The second-order valence-corrected chi connectivity index (χ2v) is 5.31. The standard InChI is InChI=1S/C13H13Cl2NO3/c1-7(19-13(18)8-2-3-8)12(17)16-11-6-9(14)4-5-10(11)15/h4-8H,2-3H2,1H3,(H,16,17)/t7-/m0/s1. The SMILES string of the molecule is C[C@H](OC(=O)C1CC1)C(=O)Nc1cc(Cl)ccc1Cl. The summed E-state index contributed by atoms with van der Waals surface area (Å²) in [6.07, 6.45) is 0.823. The van der Waals surface area contributed by atoms with Crippen LogP contribution in [0.15, 0.2) is 18.2 Å². The molecule has 0 heterocycles. The van der Waals surface area contributed by atoms with Crippen LogP contribution in [0.3, 0.4) is 0 Å². The van der Waals surface area contributed by atoms with Crippen LogP contribution in [0, 0.1) is 5.92 Å². The van der Waals surface area contributed by atoms with Crippen LogP contribution < -0.4 is 5.32 Å². The van der Waals surface area contributed by atoms with Crippen molar-refractivity contribution in [2.24, 2.45) is 5.92 Å². The van der Waals surface area contributed by atoms with Crippen LogP contribution in [0.2, 0.25) is 10.0 Å². The molecule has 6 heteroatoms. The predicted molar refractivity (Wildman–Crippen MR) is 73.4 cm³/mol. The van der Waals surface area contributed by atoms with Gasteiger partial charge in [-0.25, -0.2) is 0 Å². The van der Waals surface area contributed by atoms with E-state index < -0.39 is 12.0 Å². The molecule has 1 fully saturated rings. The number of ether oxygens (including phenoxy) is 1. The normalized spacial score (nSPS) is 15.7. The first-order valence-electron chi connectivity index (χ1n) is 5.94. The molecule has 0 saturated heterocycles. The number of anilines is 1. The van der Waals surface area contributed by atoms with Gasteiger partial charge in [-0.15, -0.1) is 0 Å². The molecule has 1 amide bonds. The lowest BCUT2D eigenvalue weighted by atomic mass is 10.3. The summed E-state index contributed by atoms with van der Waals surface area (Å²) < 4.78 is 5.05. The molecular formula is C13H13Cl2NO3. The first kappa shape index (κ1) is 14.2. The van der Waals surface area contributed by atoms with Gasteiger partial charge in [-0.2, -0.15) is 0 Å². The Hall–Kier alpha value is -1.26. The summed E-state index contributed by atoms with van der Waals surface area (Å²) in [7, 11) is 0. The molecule has 0 spiro atoms. The van der Waals surface area contributed by atoms with Crippen LogP contribution in [0.1, 0.15) is 19.8 Å². The van der Waals surface area contributed by atoms with Crippen LogP contribution >= 0.6 is 23.2 Å². The number of nitrogens with one attached hydrogen (secondary N) is 1. The van der Waals surface area contributed by atoms with Crippen molar-refractivity contribution in [3.8, 4) is 0 Å². The number of esters is 1. The van der Waals surface area contributed by atoms with E-state index in [1.165, 1.54) is 13.0 Å². The van der Waals surface area contributed by atoms with Gasteiger partial charge < -0.3 is 10.1 Å². The zero-order valence-electron chi connectivity index (χ0n) is 10.3. The van der Waals surface area contributed by atoms with Crippen molar-refractivity contribution in [2.45, 2.75) is 25.9 Å². The molecule has 1 aliphatic carbocycles. The third-order valence-electron chi connectivity index (χ3n) is 2.76. The zero-order chi connectivity index (χ0) is 14.0. The third-order valence-corrected chi connectivity index (χ3v) is 3.32. The van der Waals surface area contributed by atoms with Crippen molar-refractivity contribution in [3.63, 3.8) is 0 Å². The number of rotatable bonds is 4. The molecule has 0 aromatic heterocycles. The monoisotopic (exact) mass is 301 g/mol. The molecule has 1 aromatic carbocycles. The molecule has 4 nitrogen and oxygen atoms in total. The Labute approximate surface area is 121 Å². The fraction of sp³-hybridized carbons (Fsp3) is 0.385. The first-order chi connectivity index (χ1) is 8.97. The van der Waals surface area contributed by atoms with E-state index in [0.29, 0.717) is 15.7 Å². The van der Waals surface area contributed by atoms with Gasteiger partial charge in [0.2, 0.25) is 0 Å². The van der Waals surface area contributed by atoms with E-state index >= 15 is 0 Å². The van der Waals surface area contributed by atoms with Crippen molar-refractivity contribution in [1.82, 2.24) is 0 Å². The molecule has 2 rings (SSSR count). The molecule has 102 valence electrons. The highest BCUT2D eigenvalue weighted by atomic mass is 35.5. The quantitative estimate of drug-likeness (QED) is 0.868. The number of amides is 1. The Morgan fingerprint density at radius 3 is 2.68 bits per heavy atom. The third kappa shape index (κ3) is 3.85. The average molecular weight is 302 g/mol. The molecule has 1 saturated carbocycles. The van der Waals surface area contributed by atoms with E-state index in [1.54, 1.807) is 12.1 Å². The van der Waals surface area contributed by atoms with E-state index in [4.69, 9.17) is 27.9 Å². The second-order valence-electron chi connectivity index (χ2n) is 4.47. The molecule has 0 aliphatic heterocycles. The Morgan fingerprint density at radius 1 is 1.37 bits per heavy atom.